The highest BCUT2D eigenvalue weighted by Gasteiger charge is 2.48. The van der Waals surface area contributed by atoms with Crippen LogP contribution in [0.2, 0.25) is 0 Å². The standard InChI is InChI=1S/C24H31F3N4O3S/c1-16(2)30-9-11-31(12-10-30)18-4-6-21(20(14-18)24(25,26)27)35(33,34)19-5-3-17(13-19)22(32)29-23(15-28)7-8-23/h4,6,14,16-17,19H,3,5,7-13H2,1-2H3,(H,29,32)/t17-,19-/m1/s1. The lowest BCUT2D eigenvalue weighted by atomic mass is 10.1. The highest BCUT2D eigenvalue weighted by atomic mass is 32.2. The molecular weight excluding hydrogens is 481 g/mol. The molecule has 0 bridgehead atoms. The SMILES string of the molecule is CC(C)N1CCN(c2ccc(S(=O)(=O)[C@@H]3CC[C@@H](C(=O)NC4(C#N)CC4)C3)c(C(F)(F)F)c2)CC1. The molecule has 0 radical (unpaired) electrons. The second-order valence-electron chi connectivity index (χ2n) is 10.2. The normalized spacial score (nSPS) is 24.9. The van der Waals surface area contributed by atoms with E-state index in [4.69, 9.17) is 5.26 Å². The van der Waals surface area contributed by atoms with Crippen LogP contribution >= 0.6 is 0 Å². The summed E-state index contributed by atoms with van der Waals surface area (Å²) in [6.07, 6.45) is -3.41. The van der Waals surface area contributed by atoms with Crippen molar-refractivity contribution < 1.29 is 26.4 Å². The Morgan fingerprint density at radius 1 is 1.17 bits per heavy atom. The molecule has 0 unspecified atom stereocenters. The van der Waals surface area contributed by atoms with E-state index in [9.17, 15) is 26.4 Å². The molecule has 2 aliphatic carbocycles. The first-order chi connectivity index (χ1) is 16.4. The predicted molar refractivity (Wildman–Crippen MR) is 124 cm³/mol. The van der Waals surface area contributed by atoms with E-state index in [1.807, 2.05) is 4.90 Å². The summed E-state index contributed by atoms with van der Waals surface area (Å²) in [6, 6.07) is 5.88. The number of hydrogen-bond acceptors (Lipinski definition) is 6. The predicted octanol–water partition coefficient (Wildman–Crippen LogP) is 3.35. The molecule has 1 amide bonds. The van der Waals surface area contributed by atoms with E-state index in [1.165, 1.54) is 6.07 Å². The summed E-state index contributed by atoms with van der Waals surface area (Å²) in [5.41, 5.74) is -1.67. The van der Waals surface area contributed by atoms with Crippen LogP contribution in [0.3, 0.4) is 0 Å². The number of nitrogens with one attached hydrogen (secondary N) is 1. The topological polar surface area (TPSA) is 93.5 Å². The van der Waals surface area contributed by atoms with Crippen LogP contribution in [-0.4, -0.2) is 62.2 Å². The molecule has 3 fully saturated rings. The van der Waals surface area contributed by atoms with Crippen LogP contribution in [0.4, 0.5) is 18.9 Å². The lowest BCUT2D eigenvalue weighted by Gasteiger charge is -2.38. The molecule has 4 rings (SSSR count). The van der Waals surface area contributed by atoms with Gasteiger partial charge in [0, 0.05) is 43.8 Å². The fraction of sp³-hybridized carbons (Fsp3) is 0.667. The third kappa shape index (κ3) is 5.28. The van der Waals surface area contributed by atoms with Gasteiger partial charge >= 0.3 is 6.18 Å². The van der Waals surface area contributed by atoms with Crippen LogP contribution in [0.25, 0.3) is 0 Å². The van der Waals surface area contributed by atoms with Gasteiger partial charge in [0.05, 0.1) is 21.8 Å². The Hall–Kier alpha value is -2.32. The summed E-state index contributed by atoms with van der Waals surface area (Å²) < 4.78 is 68.7. The van der Waals surface area contributed by atoms with E-state index in [0.29, 0.717) is 37.7 Å². The van der Waals surface area contributed by atoms with E-state index in [-0.39, 0.29) is 19.3 Å². The molecule has 1 aromatic carbocycles. The summed E-state index contributed by atoms with van der Waals surface area (Å²) in [6.45, 7) is 6.70. The largest absolute Gasteiger partial charge is 0.417 e. The third-order valence-electron chi connectivity index (χ3n) is 7.51. The second-order valence-corrected chi connectivity index (χ2v) is 12.4. The Balaban J connectivity index is 1.53. The van der Waals surface area contributed by atoms with Gasteiger partial charge in [-0.2, -0.15) is 18.4 Å². The molecular formula is C24H31F3N4O3S. The number of halogens is 3. The molecule has 3 aliphatic rings. The number of piperazine rings is 1. The highest BCUT2D eigenvalue weighted by Crippen LogP contribution is 2.42. The van der Waals surface area contributed by atoms with Crippen LogP contribution in [0.1, 0.15) is 51.5 Å². The van der Waals surface area contributed by atoms with Crippen molar-refractivity contribution in [1.82, 2.24) is 10.2 Å². The Kier molecular flexibility index (Phi) is 6.83. The average molecular weight is 513 g/mol. The maximum Gasteiger partial charge on any atom is 0.417 e. The van der Waals surface area contributed by atoms with E-state index >= 15 is 0 Å². The first kappa shape index (κ1) is 25.8. The molecule has 2 atom stereocenters. The van der Waals surface area contributed by atoms with Gasteiger partial charge in [-0.3, -0.25) is 9.69 Å². The van der Waals surface area contributed by atoms with Gasteiger partial charge in [-0.1, -0.05) is 0 Å². The number of rotatable bonds is 6. The number of carbonyl (C=O) groups is 1. The Morgan fingerprint density at radius 3 is 2.37 bits per heavy atom. The van der Waals surface area contributed by atoms with Crippen molar-refractivity contribution in [2.75, 3.05) is 31.1 Å². The molecule has 0 aromatic heterocycles. The van der Waals surface area contributed by atoms with Crippen molar-refractivity contribution in [1.29, 1.82) is 5.26 Å². The molecule has 192 valence electrons. The van der Waals surface area contributed by atoms with Crippen molar-refractivity contribution in [3.8, 4) is 6.07 Å². The number of alkyl halides is 3. The van der Waals surface area contributed by atoms with Crippen LogP contribution in [0.15, 0.2) is 23.1 Å². The third-order valence-corrected chi connectivity index (χ3v) is 9.78. The van der Waals surface area contributed by atoms with Gasteiger partial charge in [0.15, 0.2) is 9.84 Å². The first-order valence-corrected chi connectivity index (χ1v) is 13.6. The van der Waals surface area contributed by atoms with Crippen LogP contribution < -0.4 is 10.2 Å². The zero-order valence-electron chi connectivity index (χ0n) is 19.9. The Labute approximate surface area is 204 Å². The number of carbonyl (C=O) groups excluding carboxylic acids is 1. The molecule has 2 saturated carbocycles. The van der Waals surface area contributed by atoms with Gasteiger partial charge in [-0.15, -0.1) is 0 Å². The summed E-state index contributed by atoms with van der Waals surface area (Å²) in [7, 11) is -4.31. The Bertz CT molecular complexity index is 1120. The second kappa shape index (κ2) is 9.28. The van der Waals surface area contributed by atoms with Gasteiger partial charge in [0.1, 0.15) is 5.54 Å². The zero-order valence-corrected chi connectivity index (χ0v) is 20.8. The fourth-order valence-corrected chi connectivity index (χ4v) is 7.08. The minimum absolute atomic E-state index is 0.0497. The van der Waals surface area contributed by atoms with Crippen molar-refractivity contribution in [2.24, 2.45) is 5.92 Å². The summed E-state index contributed by atoms with van der Waals surface area (Å²) in [4.78, 5) is 15.9. The lowest BCUT2D eigenvalue weighted by Crippen LogP contribution is -2.49. The number of amides is 1. The van der Waals surface area contributed by atoms with E-state index in [1.54, 1.807) is 0 Å². The number of nitrogens with zero attached hydrogens (tertiary/aromatic N) is 3. The average Bonchev–Trinajstić information content (AvgIpc) is 3.39. The van der Waals surface area contributed by atoms with Crippen LogP contribution in [-0.2, 0) is 20.8 Å². The van der Waals surface area contributed by atoms with E-state index < -0.39 is 49.1 Å². The molecule has 7 nitrogen and oxygen atoms in total. The van der Waals surface area contributed by atoms with Crippen molar-refractivity contribution in [2.45, 2.75) is 73.9 Å². The maximum absolute atomic E-state index is 14.0. The lowest BCUT2D eigenvalue weighted by molar-refractivity contribution is -0.139. The van der Waals surface area contributed by atoms with Crippen LogP contribution in [0, 0.1) is 17.2 Å². The van der Waals surface area contributed by atoms with Crippen LogP contribution in [0.5, 0.6) is 0 Å². The van der Waals surface area contributed by atoms with E-state index in [2.05, 4.69) is 30.1 Å². The molecule has 11 heteroatoms. The summed E-state index contributed by atoms with van der Waals surface area (Å²) >= 11 is 0. The summed E-state index contributed by atoms with van der Waals surface area (Å²) in [5.74, 6) is -1.03. The first-order valence-electron chi connectivity index (χ1n) is 12.0. The zero-order chi connectivity index (χ0) is 25.6. The van der Waals surface area contributed by atoms with Gasteiger partial charge in [0.25, 0.3) is 0 Å². The van der Waals surface area contributed by atoms with Crippen molar-refractivity contribution in [3.05, 3.63) is 23.8 Å². The smallest absolute Gasteiger partial charge is 0.369 e. The minimum Gasteiger partial charge on any atom is -0.369 e. The van der Waals surface area contributed by atoms with Gasteiger partial charge in [-0.25, -0.2) is 8.42 Å². The van der Waals surface area contributed by atoms with Crippen molar-refractivity contribution >= 4 is 21.4 Å². The maximum atomic E-state index is 14.0. The molecule has 1 aliphatic heterocycles. The highest BCUT2D eigenvalue weighted by molar-refractivity contribution is 7.92. The quantitative estimate of drug-likeness (QED) is 0.629. The van der Waals surface area contributed by atoms with Crippen molar-refractivity contribution in [3.63, 3.8) is 0 Å². The van der Waals surface area contributed by atoms with E-state index in [0.717, 1.165) is 25.2 Å². The van der Waals surface area contributed by atoms with Gasteiger partial charge in [-0.05, 0) is 64.2 Å². The molecule has 0 spiro atoms. The fourth-order valence-electron chi connectivity index (χ4n) is 5.05. The molecule has 1 N–H and O–H groups in total. The minimum atomic E-state index is -4.83. The molecule has 35 heavy (non-hydrogen) atoms. The monoisotopic (exact) mass is 512 g/mol. The number of nitriles is 1. The number of benzene rings is 1. The molecule has 1 saturated heterocycles. The summed E-state index contributed by atoms with van der Waals surface area (Å²) in [5, 5.41) is 10.8. The number of anilines is 1. The molecule has 1 heterocycles. The Morgan fingerprint density at radius 2 is 1.83 bits per heavy atom. The number of hydrogen-bond donors (Lipinski definition) is 1. The number of sulfone groups is 1. The van der Waals surface area contributed by atoms with Gasteiger partial charge in [0.2, 0.25) is 5.91 Å². The van der Waals surface area contributed by atoms with Gasteiger partial charge < -0.3 is 10.2 Å². The molecule has 1 aromatic rings.